The maximum atomic E-state index is 11.8. The molecule has 26 heavy (non-hydrogen) atoms. The van der Waals surface area contributed by atoms with Crippen LogP contribution in [0.25, 0.3) is 0 Å². The molecular formula is C21H28N2O3. The van der Waals surface area contributed by atoms with Gasteiger partial charge in [0, 0.05) is 19.1 Å². The number of rotatable bonds is 11. The molecule has 0 bridgehead atoms. The van der Waals surface area contributed by atoms with Gasteiger partial charge in [0.15, 0.2) is 0 Å². The zero-order valence-electron chi connectivity index (χ0n) is 15.2. The monoisotopic (exact) mass is 356 g/mol. The van der Waals surface area contributed by atoms with Crippen LogP contribution >= 0.6 is 0 Å². The summed E-state index contributed by atoms with van der Waals surface area (Å²) in [5.74, 6) is -0.281. The molecule has 5 heteroatoms. The molecule has 2 aromatic carbocycles. The minimum Gasteiger partial charge on any atom is -0.462 e. The molecule has 0 fully saturated rings. The highest BCUT2D eigenvalue weighted by molar-refractivity contribution is 5.89. The fourth-order valence-electron chi connectivity index (χ4n) is 2.58. The van der Waals surface area contributed by atoms with E-state index >= 15 is 0 Å². The van der Waals surface area contributed by atoms with Crippen molar-refractivity contribution in [2.45, 2.75) is 25.5 Å². The molecule has 0 spiro atoms. The highest BCUT2D eigenvalue weighted by Crippen LogP contribution is 2.15. The van der Waals surface area contributed by atoms with Crippen molar-refractivity contribution in [2.24, 2.45) is 0 Å². The second-order valence-electron chi connectivity index (χ2n) is 6.20. The average molecular weight is 356 g/mol. The fourth-order valence-corrected chi connectivity index (χ4v) is 2.58. The Morgan fingerprint density at radius 2 is 1.65 bits per heavy atom. The van der Waals surface area contributed by atoms with Gasteiger partial charge in [-0.25, -0.2) is 4.79 Å². The normalized spacial score (nSPS) is 13.2. The lowest BCUT2D eigenvalue weighted by molar-refractivity contribution is 0.0500. The smallest absolute Gasteiger partial charge is 0.338 e. The average Bonchev–Trinajstić information content (AvgIpc) is 2.70. The summed E-state index contributed by atoms with van der Waals surface area (Å²) in [6, 6.07) is 18.6. The number of hydrogen-bond donors (Lipinski definition) is 3. The largest absolute Gasteiger partial charge is 0.462 e. The van der Waals surface area contributed by atoms with Gasteiger partial charge in [0.1, 0.15) is 0 Å². The van der Waals surface area contributed by atoms with Crippen molar-refractivity contribution < 1.29 is 14.6 Å². The number of benzene rings is 2. The molecule has 5 nitrogen and oxygen atoms in total. The number of ether oxygens (including phenoxy) is 1. The number of aliphatic hydroxyl groups excluding tert-OH is 1. The Kier molecular flexibility index (Phi) is 8.83. The third-order valence-corrected chi connectivity index (χ3v) is 4.12. The Balaban J connectivity index is 1.50. The van der Waals surface area contributed by atoms with Crippen molar-refractivity contribution in [1.82, 2.24) is 10.6 Å². The number of nitrogens with one attached hydrogen (secondary N) is 2. The molecule has 3 N–H and O–H groups in total. The predicted octanol–water partition coefficient (Wildman–Crippen LogP) is 2.53. The van der Waals surface area contributed by atoms with E-state index in [9.17, 15) is 9.90 Å². The Hall–Kier alpha value is -2.21. The van der Waals surface area contributed by atoms with Crippen LogP contribution in [-0.4, -0.2) is 43.4 Å². The summed E-state index contributed by atoms with van der Waals surface area (Å²) in [7, 11) is 0. The minimum atomic E-state index is -0.520. The number of hydrogen-bond acceptors (Lipinski definition) is 5. The molecule has 2 atom stereocenters. The zero-order chi connectivity index (χ0) is 18.6. The second-order valence-corrected chi connectivity index (χ2v) is 6.20. The quantitative estimate of drug-likeness (QED) is 0.426. The SMILES string of the molecule is CC(NCCNCCCOC(=O)c1ccccc1)C(O)c1ccccc1. The third-order valence-electron chi connectivity index (χ3n) is 4.12. The molecule has 0 aliphatic heterocycles. The van der Waals surface area contributed by atoms with Gasteiger partial charge in [0.25, 0.3) is 0 Å². The van der Waals surface area contributed by atoms with Crippen molar-refractivity contribution in [3.05, 3.63) is 71.8 Å². The first-order valence-electron chi connectivity index (χ1n) is 9.08. The number of aliphatic hydroxyl groups is 1. The van der Waals surface area contributed by atoms with Crippen LogP contribution in [0.2, 0.25) is 0 Å². The van der Waals surface area contributed by atoms with Crippen LogP contribution in [0, 0.1) is 0 Å². The minimum absolute atomic E-state index is 0.0222. The van der Waals surface area contributed by atoms with Crippen LogP contribution in [0.15, 0.2) is 60.7 Å². The van der Waals surface area contributed by atoms with Crippen LogP contribution in [0.4, 0.5) is 0 Å². The van der Waals surface area contributed by atoms with Gasteiger partial charge < -0.3 is 20.5 Å². The van der Waals surface area contributed by atoms with Gasteiger partial charge in [-0.05, 0) is 37.6 Å². The van der Waals surface area contributed by atoms with Crippen molar-refractivity contribution in [1.29, 1.82) is 0 Å². The molecule has 2 rings (SSSR count). The van der Waals surface area contributed by atoms with E-state index in [-0.39, 0.29) is 12.0 Å². The van der Waals surface area contributed by atoms with Gasteiger partial charge in [-0.15, -0.1) is 0 Å². The summed E-state index contributed by atoms with van der Waals surface area (Å²) >= 11 is 0. The lowest BCUT2D eigenvalue weighted by Gasteiger charge is -2.20. The van der Waals surface area contributed by atoms with Gasteiger partial charge in [0.2, 0.25) is 0 Å². The number of esters is 1. The molecule has 2 unspecified atom stereocenters. The Morgan fingerprint density at radius 3 is 2.35 bits per heavy atom. The van der Waals surface area contributed by atoms with Gasteiger partial charge in [-0.3, -0.25) is 0 Å². The van der Waals surface area contributed by atoms with Crippen LogP contribution in [0.3, 0.4) is 0 Å². The van der Waals surface area contributed by atoms with E-state index in [1.165, 1.54) is 0 Å². The Morgan fingerprint density at radius 1 is 1.00 bits per heavy atom. The summed E-state index contributed by atoms with van der Waals surface area (Å²) in [5.41, 5.74) is 1.50. The molecule has 2 aromatic rings. The van der Waals surface area contributed by atoms with Crippen LogP contribution in [0.5, 0.6) is 0 Å². The second kappa shape index (κ2) is 11.4. The molecule has 0 aromatic heterocycles. The van der Waals surface area contributed by atoms with Gasteiger partial charge in [-0.2, -0.15) is 0 Å². The first kappa shape index (κ1) is 20.1. The van der Waals surface area contributed by atoms with Crippen molar-refractivity contribution in [3.63, 3.8) is 0 Å². The van der Waals surface area contributed by atoms with E-state index in [1.54, 1.807) is 12.1 Å². The lowest BCUT2D eigenvalue weighted by Crippen LogP contribution is -2.37. The van der Waals surface area contributed by atoms with Gasteiger partial charge >= 0.3 is 5.97 Å². The molecule has 0 heterocycles. The van der Waals surface area contributed by atoms with Crippen molar-refractivity contribution in [3.8, 4) is 0 Å². The fraction of sp³-hybridized carbons (Fsp3) is 0.381. The van der Waals surface area contributed by atoms with Gasteiger partial charge in [0.05, 0.1) is 18.3 Å². The summed E-state index contributed by atoms with van der Waals surface area (Å²) < 4.78 is 5.23. The highest BCUT2D eigenvalue weighted by atomic mass is 16.5. The standard InChI is InChI=1S/C21H28N2O3/c1-17(20(24)18-9-4-2-5-10-18)23-15-14-22-13-8-16-26-21(25)19-11-6-3-7-12-19/h2-7,9-12,17,20,22-24H,8,13-16H2,1H3. The topological polar surface area (TPSA) is 70.6 Å². The van der Waals surface area contributed by atoms with E-state index in [0.29, 0.717) is 12.2 Å². The summed E-state index contributed by atoms with van der Waals surface area (Å²) in [5, 5.41) is 16.9. The molecule has 0 saturated carbocycles. The van der Waals surface area contributed by atoms with Crippen molar-refractivity contribution in [2.75, 3.05) is 26.2 Å². The summed E-state index contributed by atoms with van der Waals surface area (Å²) in [6.07, 6.45) is 0.245. The predicted molar refractivity (Wildman–Crippen MR) is 103 cm³/mol. The number of carbonyl (C=O) groups excluding carboxylic acids is 1. The highest BCUT2D eigenvalue weighted by Gasteiger charge is 2.14. The first-order chi connectivity index (χ1) is 12.7. The molecule has 140 valence electrons. The molecular weight excluding hydrogens is 328 g/mol. The van der Waals surface area contributed by atoms with E-state index in [1.807, 2.05) is 55.5 Å². The molecule has 0 radical (unpaired) electrons. The van der Waals surface area contributed by atoms with Gasteiger partial charge in [-0.1, -0.05) is 48.5 Å². The summed E-state index contributed by atoms with van der Waals surface area (Å²) in [6.45, 7) is 4.70. The maximum Gasteiger partial charge on any atom is 0.338 e. The van der Waals surface area contributed by atoms with E-state index in [4.69, 9.17) is 4.74 Å². The lowest BCUT2D eigenvalue weighted by atomic mass is 10.0. The molecule has 0 aliphatic rings. The third kappa shape index (κ3) is 6.96. The van der Waals surface area contributed by atoms with E-state index in [2.05, 4.69) is 10.6 Å². The first-order valence-corrected chi connectivity index (χ1v) is 9.08. The zero-order valence-corrected chi connectivity index (χ0v) is 15.2. The van der Waals surface area contributed by atoms with Crippen LogP contribution < -0.4 is 10.6 Å². The molecule has 0 amide bonds. The van der Waals surface area contributed by atoms with E-state index < -0.39 is 6.10 Å². The number of carbonyl (C=O) groups is 1. The van der Waals surface area contributed by atoms with Crippen LogP contribution in [-0.2, 0) is 4.74 Å². The van der Waals surface area contributed by atoms with Crippen LogP contribution in [0.1, 0.15) is 35.4 Å². The molecule has 0 saturated heterocycles. The van der Waals surface area contributed by atoms with E-state index in [0.717, 1.165) is 31.6 Å². The van der Waals surface area contributed by atoms with Crippen molar-refractivity contribution >= 4 is 5.97 Å². The Labute approximate surface area is 155 Å². The summed E-state index contributed by atoms with van der Waals surface area (Å²) in [4.78, 5) is 11.8. The Bertz CT molecular complexity index is 634. The molecule has 0 aliphatic carbocycles. The maximum absolute atomic E-state index is 11.8.